The Labute approximate surface area is 193 Å². The van der Waals surface area contributed by atoms with Crippen LogP contribution < -0.4 is 15.4 Å². The molecule has 3 aromatic rings. The number of hydrogen-bond donors (Lipinski definition) is 2. The SMILES string of the molecule is Cn1ncc(Br)c1-c1cc(NC(=O)c2ccc(F)c(F)c2)ccc1OCCC1CCCN1. The van der Waals surface area contributed by atoms with Crippen LogP contribution in [0.3, 0.4) is 0 Å². The van der Waals surface area contributed by atoms with Crippen molar-refractivity contribution in [3.63, 3.8) is 0 Å². The third-order valence-electron chi connectivity index (χ3n) is 5.45. The van der Waals surface area contributed by atoms with Crippen LogP contribution in [0.2, 0.25) is 0 Å². The highest BCUT2D eigenvalue weighted by atomic mass is 79.9. The van der Waals surface area contributed by atoms with Crippen molar-refractivity contribution in [2.24, 2.45) is 7.05 Å². The van der Waals surface area contributed by atoms with Crippen LogP contribution in [0, 0.1) is 11.6 Å². The fraction of sp³-hybridized carbons (Fsp3) is 0.304. The third-order valence-corrected chi connectivity index (χ3v) is 6.04. The van der Waals surface area contributed by atoms with E-state index in [0.29, 0.717) is 24.1 Å². The van der Waals surface area contributed by atoms with Crippen molar-refractivity contribution in [1.29, 1.82) is 0 Å². The predicted molar refractivity (Wildman–Crippen MR) is 122 cm³/mol. The molecule has 1 unspecified atom stereocenters. The number of hydrogen-bond acceptors (Lipinski definition) is 4. The molecule has 32 heavy (non-hydrogen) atoms. The molecule has 2 heterocycles. The first-order chi connectivity index (χ1) is 15.4. The maximum atomic E-state index is 13.5. The molecule has 0 saturated carbocycles. The smallest absolute Gasteiger partial charge is 0.255 e. The molecule has 0 spiro atoms. The molecule has 0 radical (unpaired) electrons. The van der Waals surface area contributed by atoms with Crippen LogP contribution in [0.5, 0.6) is 5.75 Å². The summed E-state index contributed by atoms with van der Waals surface area (Å²) < 4.78 is 35.3. The third kappa shape index (κ3) is 4.99. The summed E-state index contributed by atoms with van der Waals surface area (Å²) in [7, 11) is 1.82. The lowest BCUT2D eigenvalue weighted by atomic mass is 10.1. The molecule has 1 saturated heterocycles. The van der Waals surface area contributed by atoms with Crippen molar-refractivity contribution in [3.05, 3.63) is 64.3 Å². The Hall–Kier alpha value is -2.78. The van der Waals surface area contributed by atoms with Gasteiger partial charge in [0.1, 0.15) is 5.75 Å². The standard InChI is InChI=1S/C23H23BrF2N4O2/c1-30-22(18(24)13-28-30)17-12-16(29-23(31)14-4-6-19(25)20(26)11-14)5-7-21(17)32-10-8-15-3-2-9-27-15/h4-7,11-13,15,27H,2-3,8-10H2,1H3,(H,29,31). The van der Waals surface area contributed by atoms with Gasteiger partial charge in [0.2, 0.25) is 0 Å². The Morgan fingerprint density at radius 1 is 1.28 bits per heavy atom. The summed E-state index contributed by atoms with van der Waals surface area (Å²) in [6, 6.07) is 8.79. The van der Waals surface area contributed by atoms with Crippen LogP contribution in [-0.4, -0.2) is 34.9 Å². The highest BCUT2D eigenvalue weighted by molar-refractivity contribution is 9.10. The van der Waals surface area contributed by atoms with Gasteiger partial charge in [-0.25, -0.2) is 8.78 Å². The van der Waals surface area contributed by atoms with E-state index < -0.39 is 17.5 Å². The van der Waals surface area contributed by atoms with E-state index in [1.54, 1.807) is 29.1 Å². The molecule has 4 rings (SSSR count). The number of amides is 1. The quantitative estimate of drug-likeness (QED) is 0.480. The monoisotopic (exact) mass is 504 g/mol. The van der Waals surface area contributed by atoms with E-state index in [1.165, 1.54) is 12.5 Å². The molecule has 1 amide bonds. The number of nitrogens with one attached hydrogen (secondary N) is 2. The minimum absolute atomic E-state index is 0.0246. The van der Waals surface area contributed by atoms with Crippen molar-refractivity contribution < 1.29 is 18.3 Å². The van der Waals surface area contributed by atoms with Gasteiger partial charge >= 0.3 is 0 Å². The first kappa shape index (κ1) is 22.4. The second-order valence-electron chi connectivity index (χ2n) is 7.69. The topological polar surface area (TPSA) is 68.2 Å². The van der Waals surface area contributed by atoms with E-state index in [4.69, 9.17) is 4.74 Å². The fourth-order valence-electron chi connectivity index (χ4n) is 3.79. The Bertz CT molecular complexity index is 1110. The van der Waals surface area contributed by atoms with Crippen molar-refractivity contribution in [2.45, 2.75) is 25.3 Å². The summed E-state index contributed by atoms with van der Waals surface area (Å²) in [5.74, 6) is -1.95. The number of carbonyl (C=O) groups excluding carboxylic acids is 1. The zero-order chi connectivity index (χ0) is 22.7. The van der Waals surface area contributed by atoms with Gasteiger partial charge in [-0.05, 0) is 78.1 Å². The fourth-order valence-corrected chi connectivity index (χ4v) is 4.35. The van der Waals surface area contributed by atoms with Crippen LogP contribution >= 0.6 is 15.9 Å². The second-order valence-corrected chi connectivity index (χ2v) is 8.54. The lowest BCUT2D eigenvalue weighted by Crippen LogP contribution is -2.23. The summed E-state index contributed by atoms with van der Waals surface area (Å²) in [5, 5.41) is 10.5. The van der Waals surface area contributed by atoms with Crippen molar-refractivity contribution in [1.82, 2.24) is 15.1 Å². The van der Waals surface area contributed by atoms with E-state index >= 15 is 0 Å². The average molecular weight is 505 g/mol. The van der Waals surface area contributed by atoms with Crippen LogP contribution in [0.4, 0.5) is 14.5 Å². The number of halogens is 3. The summed E-state index contributed by atoms with van der Waals surface area (Å²) in [4.78, 5) is 12.5. The van der Waals surface area contributed by atoms with Gasteiger partial charge in [0.25, 0.3) is 5.91 Å². The second kappa shape index (κ2) is 9.79. The summed E-state index contributed by atoms with van der Waals surface area (Å²) in [6.45, 7) is 1.60. The van der Waals surface area contributed by atoms with Crippen LogP contribution in [0.25, 0.3) is 11.3 Å². The number of anilines is 1. The van der Waals surface area contributed by atoms with E-state index in [0.717, 1.165) is 47.2 Å². The van der Waals surface area contributed by atoms with Crippen LogP contribution in [0.15, 0.2) is 47.1 Å². The summed E-state index contributed by atoms with van der Waals surface area (Å²) >= 11 is 3.52. The molecule has 168 valence electrons. The van der Waals surface area contributed by atoms with Gasteiger partial charge in [0.15, 0.2) is 11.6 Å². The van der Waals surface area contributed by atoms with Crippen molar-refractivity contribution in [3.8, 4) is 17.0 Å². The maximum Gasteiger partial charge on any atom is 0.255 e. The van der Waals surface area contributed by atoms with E-state index in [9.17, 15) is 13.6 Å². The number of benzene rings is 2. The molecule has 6 nitrogen and oxygen atoms in total. The van der Waals surface area contributed by atoms with E-state index in [1.807, 2.05) is 7.05 Å². The van der Waals surface area contributed by atoms with Crippen molar-refractivity contribution >= 4 is 27.5 Å². The van der Waals surface area contributed by atoms with Gasteiger partial charge in [-0.15, -0.1) is 0 Å². The number of aromatic nitrogens is 2. The largest absolute Gasteiger partial charge is 0.493 e. The average Bonchev–Trinajstić information content (AvgIpc) is 3.40. The molecule has 1 atom stereocenters. The molecule has 1 aliphatic heterocycles. The zero-order valence-electron chi connectivity index (χ0n) is 17.5. The molecule has 2 N–H and O–H groups in total. The van der Waals surface area contributed by atoms with Crippen LogP contribution in [0.1, 0.15) is 29.6 Å². The Kier molecular flexibility index (Phi) is 6.86. The number of rotatable bonds is 7. The summed E-state index contributed by atoms with van der Waals surface area (Å²) in [6.07, 6.45) is 4.93. The number of nitrogens with zero attached hydrogens (tertiary/aromatic N) is 2. The maximum absolute atomic E-state index is 13.5. The minimum Gasteiger partial charge on any atom is -0.493 e. The zero-order valence-corrected chi connectivity index (χ0v) is 19.1. The highest BCUT2D eigenvalue weighted by Gasteiger charge is 2.18. The minimum atomic E-state index is -1.07. The first-order valence-corrected chi connectivity index (χ1v) is 11.2. The van der Waals surface area contributed by atoms with Gasteiger partial charge < -0.3 is 15.4 Å². The number of aryl methyl sites for hydroxylation is 1. The Balaban J connectivity index is 1.57. The number of ether oxygens (including phenoxy) is 1. The predicted octanol–water partition coefficient (Wildman–Crippen LogP) is 4.90. The molecule has 1 fully saturated rings. The van der Waals surface area contributed by atoms with Gasteiger partial charge in [-0.1, -0.05) is 0 Å². The lowest BCUT2D eigenvalue weighted by molar-refractivity contribution is 0.102. The molecular weight excluding hydrogens is 482 g/mol. The van der Waals surface area contributed by atoms with Gasteiger partial charge in [0, 0.05) is 29.9 Å². The molecule has 0 aliphatic carbocycles. The van der Waals surface area contributed by atoms with Gasteiger partial charge in [-0.2, -0.15) is 5.10 Å². The lowest BCUT2D eigenvalue weighted by Gasteiger charge is -2.16. The normalized spacial score (nSPS) is 15.7. The molecule has 9 heteroatoms. The van der Waals surface area contributed by atoms with Crippen LogP contribution in [-0.2, 0) is 7.05 Å². The van der Waals surface area contributed by atoms with E-state index in [-0.39, 0.29) is 5.56 Å². The molecule has 2 aromatic carbocycles. The molecule has 1 aromatic heterocycles. The Morgan fingerprint density at radius 2 is 2.12 bits per heavy atom. The number of carbonyl (C=O) groups is 1. The highest BCUT2D eigenvalue weighted by Crippen LogP contribution is 2.37. The van der Waals surface area contributed by atoms with Crippen molar-refractivity contribution in [2.75, 3.05) is 18.5 Å². The molecular formula is C23H23BrF2N4O2. The summed E-state index contributed by atoms with van der Waals surface area (Å²) in [5.41, 5.74) is 2.06. The van der Waals surface area contributed by atoms with Gasteiger partial charge in [0.05, 0.1) is 23.0 Å². The Morgan fingerprint density at radius 3 is 2.81 bits per heavy atom. The van der Waals surface area contributed by atoms with Gasteiger partial charge in [-0.3, -0.25) is 9.48 Å². The molecule has 0 bridgehead atoms. The van der Waals surface area contributed by atoms with E-state index in [2.05, 4.69) is 31.7 Å². The first-order valence-electron chi connectivity index (χ1n) is 10.4. The molecule has 1 aliphatic rings.